The van der Waals surface area contributed by atoms with Crippen LogP contribution in [0.3, 0.4) is 0 Å². The molecule has 2 nitrogen and oxygen atoms in total. The highest BCUT2D eigenvalue weighted by molar-refractivity contribution is 6.09. The van der Waals surface area contributed by atoms with Gasteiger partial charge in [0.05, 0.1) is 5.69 Å². The summed E-state index contributed by atoms with van der Waals surface area (Å²) in [4.78, 5) is 4.73. The van der Waals surface area contributed by atoms with Crippen LogP contribution in [-0.4, -0.2) is 4.98 Å². The number of para-hydroxylation sites is 2. The Morgan fingerprint density at radius 1 is 0.706 bits per heavy atom. The van der Waals surface area contributed by atoms with Crippen molar-refractivity contribution in [3.05, 3.63) is 102 Å². The SMILES string of the molecule is Cc1cc2cc(C(C)(C)C)ccc2cc1-c1ccnc(-c2cccc3c2oc2ccccc23)c1. The van der Waals surface area contributed by atoms with Crippen molar-refractivity contribution in [2.75, 3.05) is 0 Å². The fourth-order valence-electron chi connectivity index (χ4n) is 4.88. The molecule has 2 aromatic heterocycles. The molecule has 0 amide bonds. The van der Waals surface area contributed by atoms with E-state index in [0.29, 0.717) is 0 Å². The molecular weight excluding hydrogens is 414 g/mol. The molecule has 2 heterocycles. The highest BCUT2D eigenvalue weighted by atomic mass is 16.3. The third kappa shape index (κ3) is 3.38. The second-order valence-electron chi connectivity index (χ2n) is 10.2. The van der Waals surface area contributed by atoms with Crippen LogP contribution in [0.1, 0.15) is 31.9 Å². The number of aromatic nitrogens is 1. The van der Waals surface area contributed by atoms with Gasteiger partial charge in [0, 0.05) is 22.5 Å². The minimum absolute atomic E-state index is 0.137. The van der Waals surface area contributed by atoms with Gasteiger partial charge in [0.1, 0.15) is 11.2 Å². The lowest BCUT2D eigenvalue weighted by atomic mass is 9.85. The third-order valence-corrected chi connectivity index (χ3v) is 6.80. The molecule has 0 spiro atoms. The number of furan rings is 1. The van der Waals surface area contributed by atoms with Crippen molar-refractivity contribution in [1.82, 2.24) is 4.98 Å². The fraction of sp³-hybridized carbons (Fsp3) is 0.156. The first-order valence-corrected chi connectivity index (χ1v) is 11.8. The predicted molar refractivity (Wildman–Crippen MR) is 143 cm³/mol. The maximum atomic E-state index is 6.26. The highest BCUT2D eigenvalue weighted by Gasteiger charge is 2.16. The summed E-state index contributed by atoms with van der Waals surface area (Å²) in [5.41, 5.74) is 8.88. The number of aryl methyl sites for hydroxylation is 1. The topological polar surface area (TPSA) is 26.0 Å². The number of hydrogen-bond donors (Lipinski definition) is 0. The lowest BCUT2D eigenvalue weighted by Crippen LogP contribution is -2.10. The Morgan fingerprint density at radius 2 is 1.53 bits per heavy atom. The van der Waals surface area contributed by atoms with Crippen molar-refractivity contribution in [1.29, 1.82) is 0 Å². The van der Waals surface area contributed by atoms with E-state index in [0.717, 1.165) is 38.8 Å². The van der Waals surface area contributed by atoms with Crippen LogP contribution in [0.25, 0.3) is 55.1 Å². The Hall–Kier alpha value is -3.91. The van der Waals surface area contributed by atoms with E-state index in [1.807, 2.05) is 18.3 Å². The molecule has 0 unspecified atom stereocenters. The van der Waals surface area contributed by atoms with Crippen LogP contribution in [0, 0.1) is 6.92 Å². The molecule has 6 aromatic rings. The summed E-state index contributed by atoms with van der Waals surface area (Å²) in [7, 11) is 0. The van der Waals surface area contributed by atoms with E-state index in [-0.39, 0.29) is 5.41 Å². The normalized spacial score (nSPS) is 12.1. The number of fused-ring (bicyclic) bond motifs is 4. The van der Waals surface area contributed by atoms with E-state index in [9.17, 15) is 0 Å². The first-order valence-electron chi connectivity index (χ1n) is 11.8. The second kappa shape index (κ2) is 7.56. The van der Waals surface area contributed by atoms with Crippen LogP contribution in [-0.2, 0) is 5.41 Å². The summed E-state index contributed by atoms with van der Waals surface area (Å²) >= 11 is 0. The first kappa shape index (κ1) is 20.7. The molecule has 0 saturated carbocycles. The number of rotatable bonds is 2. The number of hydrogen-bond acceptors (Lipinski definition) is 2. The van der Waals surface area contributed by atoms with Gasteiger partial charge in [-0.1, -0.05) is 75.4 Å². The Morgan fingerprint density at radius 3 is 2.38 bits per heavy atom. The Bertz CT molecular complexity index is 1700. The average Bonchev–Trinajstić information content (AvgIpc) is 3.21. The number of pyridine rings is 1. The summed E-state index contributed by atoms with van der Waals surface area (Å²) in [6.07, 6.45) is 1.90. The maximum Gasteiger partial charge on any atom is 0.144 e. The quantitative estimate of drug-likeness (QED) is 0.268. The lowest BCUT2D eigenvalue weighted by molar-refractivity contribution is 0.591. The smallest absolute Gasteiger partial charge is 0.144 e. The molecule has 166 valence electrons. The van der Waals surface area contributed by atoms with E-state index < -0.39 is 0 Å². The van der Waals surface area contributed by atoms with Crippen LogP contribution in [0.15, 0.2) is 95.5 Å². The van der Waals surface area contributed by atoms with Crippen LogP contribution in [0.5, 0.6) is 0 Å². The molecule has 0 atom stereocenters. The van der Waals surface area contributed by atoms with Gasteiger partial charge < -0.3 is 4.42 Å². The summed E-state index contributed by atoms with van der Waals surface area (Å²) in [5.74, 6) is 0. The van der Waals surface area contributed by atoms with Crippen LogP contribution >= 0.6 is 0 Å². The van der Waals surface area contributed by atoms with Gasteiger partial charge in [-0.15, -0.1) is 0 Å². The molecule has 0 saturated heterocycles. The first-order chi connectivity index (χ1) is 16.4. The van der Waals surface area contributed by atoms with Gasteiger partial charge in [0.15, 0.2) is 0 Å². The van der Waals surface area contributed by atoms with E-state index >= 15 is 0 Å². The van der Waals surface area contributed by atoms with Gasteiger partial charge >= 0.3 is 0 Å². The van der Waals surface area contributed by atoms with Crippen LogP contribution < -0.4 is 0 Å². The number of benzene rings is 4. The van der Waals surface area contributed by atoms with E-state index in [4.69, 9.17) is 9.40 Å². The second-order valence-corrected chi connectivity index (χ2v) is 10.2. The fourth-order valence-corrected chi connectivity index (χ4v) is 4.88. The van der Waals surface area contributed by atoms with Crippen molar-refractivity contribution in [3.63, 3.8) is 0 Å². The van der Waals surface area contributed by atoms with Gasteiger partial charge in [-0.3, -0.25) is 4.98 Å². The largest absolute Gasteiger partial charge is 0.455 e. The molecule has 2 heteroatoms. The molecule has 0 radical (unpaired) electrons. The van der Waals surface area contributed by atoms with Gasteiger partial charge in [0.2, 0.25) is 0 Å². The molecule has 0 aliphatic carbocycles. The summed E-state index contributed by atoms with van der Waals surface area (Å²) < 4.78 is 6.26. The minimum atomic E-state index is 0.137. The monoisotopic (exact) mass is 441 g/mol. The molecule has 6 rings (SSSR count). The molecule has 0 bridgehead atoms. The third-order valence-electron chi connectivity index (χ3n) is 6.80. The van der Waals surface area contributed by atoms with Gasteiger partial charge in [-0.25, -0.2) is 0 Å². The molecule has 0 aliphatic heterocycles. The highest BCUT2D eigenvalue weighted by Crippen LogP contribution is 2.37. The number of nitrogens with zero attached hydrogens (tertiary/aromatic N) is 1. The molecule has 0 N–H and O–H groups in total. The van der Waals surface area contributed by atoms with Crippen molar-refractivity contribution < 1.29 is 4.42 Å². The zero-order valence-corrected chi connectivity index (χ0v) is 20.0. The Labute approximate surface area is 199 Å². The molecule has 34 heavy (non-hydrogen) atoms. The van der Waals surface area contributed by atoms with Crippen molar-refractivity contribution in [2.24, 2.45) is 0 Å². The summed E-state index contributed by atoms with van der Waals surface area (Å²) in [6, 6.07) is 30.2. The Kier molecular flexibility index (Phi) is 4.60. The molecule has 0 aliphatic rings. The van der Waals surface area contributed by atoms with Crippen molar-refractivity contribution >= 4 is 32.7 Å². The van der Waals surface area contributed by atoms with Crippen LogP contribution in [0.2, 0.25) is 0 Å². The van der Waals surface area contributed by atoms with Gasteiger partial charge in [0.25, 0.3) is 0 Å². The zero-order valence-electron chi connectivity index (χ0n) is 20.0. The van der Waals surface area contributed by atoms with Crippen molar-refractivity contribution in [3.8, 4) is 22.4 Å². The zero-order chi connectivity index (χ0) is 23.4. The molecular formula is C32H27NO. The van der Waals surface area contributed by atoms with Gasteiger partial charge in [-0.2, -0.15) is 0 Å². The van der Waals surface area contributed by atoms with E-state index in [1.165, 1.54) is 27.5 Å². The molecule has 0 fully saturated rings. The Balaban J connectivity index is 1.49. The van der Waals surface area contributed by atoms with Crippen LogP contribution in [0.4, 0.5) is 0 Å². The van der Waals surface area contributed by atoms with Gasteiger partial charge in [-0.05, 0) is 75.7 Å². The van der Waals surface area contributed by atoms with E-state index in [1.54, 1.807) is 0 Å². The average molecular weight is 442 g/mol. The minimum Gasteiger partial charge on any atom is -0.455 e. The standard InChI is InChI=1S/C32H27NO/c1-20-16-23-17-24(32(2,3)4)13-12-21(23)18-28(20)22-14-15-33-29(19-22)27-10-7-9-26-25-8-5-6-11-30(25)34-31(26)27/h5-19H,1-4H3. The predicted octanol–water partition coefficient (Wildman–Crippen LogP) is 9.07. The van der Waals surface area contributed by atoms with E-state index in [2.05, 4.69) is 100 Å². The maximum absolute atomic E-state index is 6.26. The summed E-state index contributed by atoms with van der Waals surface area (Å²) in [6.45, 7) is 8.97. The summed E-state index contributed by atoms with van der Waals surface area (Å²) in [5, 5.41) is 4.80. The lowest BCUT2D eigenvalue weighted by Gasteiger charge is -2.20. The molecule has 4 aromatic carbocycles. The van der Waals surface area contributed by atoms with Crippen molar-refractivity contribution in [2.45, 2.75) is 33.1 Å².